The molecule has 0 aliphatic heterocycles. The van der Waals surface area contributed by atoms with E-state index < -0.39 is 7.14 Å². The molecule has 0 heterocycles. The Morgan fingerprint density at radius 1 is 0.485 bits per heavy atom. The van der Waals surface area contributed by atoms with Crippen molar-refractivity contribution in [3.63, 3.8) is 0 Å². The average Bonchev–Trinajstić information content (AvgIpc) is 2.82. The zero-order valence-electron chi connectivity index (χ0n) is 23.1. The van der Waals surface area contributed by atoms with Gasteiger partial charge >= 0.3 is 0 Å². The van der Waals surface area contributed by atoms with Crippen molar-refractivity contribution in [3.8, 4) is 0 Å². The van der Waals surface area contributed by atoms with E-state index in [4.69, 9.17) is 0 Å². The Morgan fingerprint density at radius 2 is 0.788 bits per heavy atom. The summed E-state index contributed by atoms with van der Waals surface area (Å²) in [6.07, 6.45) is 26.9. The predicted molar refractivity (Wildman–Crippen MR) is 154 cm³/mol. The minimum absolute atomic E-state index is 1.04. The van der Waals surface area contributed by atoms with Gasteiger partial charge in [-0.2, -0.15) is 0 Å². The van der Waals surface area contributed by atoms with Gasteiger partial charge in [0, 0.05) is 18.5 Å². The van der Waals surface area contributed by atoms with Crippen molar-refractivity contribution in [1.29, 1.82) is 0 Å². The van der Waals surface area contributed by atoms with Crippen LogP contribution >= 0.6 is 7.14 Å². The molecular weight excluding hydrogens is 419 g/mol. The molecule has 0 saturated heterocycles. The van der Waals surface area contributed by atoms with E-state index in [0.29, 0.717) is 0 Å². The van der Waals surface area contributed by atoms with Gasteiger partial charge in [0.15, 0.2) is 0 Å². The van der Waals surface area contributed by atoms with Gasteiger partial charge in [0.1, 0.15) is 0 Å². The number of benzene rings is 1. The highest BCUT2D eigenvalue weighted by molar-refractivity contribution is 7.63. The second kappa shape index (κ2) is 24.6. The Kier molecular flexibility index (Phi) is 24.2. The van der Waals surface area contributed by atoms with Crippen molar-refractivity contribution in [1.82, 2.24) is 0 Å². The van der Waals surface area contributed by atoms with Crippen LogP contribution < -0.4 is 0 Å². The van der Waals surface area contributed by atoms with Gasteiger partial charge in [-0.05, 0) is 26.2 Å². The van der Waals surface area contributed by atoms with Gasteiger partial charge < -0.3 is 4.57 Å². The van der Waals surface area contributed by atoms with Crippen LogP contribution in [0.25, 0.3) is 0 Å². The second-order valence-corrected chi connectivity index (χ2v) is 13.6. The molecule has 33 heavy (non-hydrogen) atoms. The Bertz CT molecular complexity index is 492. The minimum atomic E-state index is -1.89. The summed E-state index contributed by atoms with van der Waals surface area (Å²) in [5.74, 6) is 0. The normalized spacial score (nSPS) is 11.3. The fraction of sp³-hybridized carbons (Fsp3) is 0.806. The summed E-state index contributed by atoms with van der Waals surface area (Å²) >= 11 is 0. The van der Waals surface area contributed by atoms with E-state index in [1.165, 1.54) is 121 Å². The highest BCUT2D eigenvalue weighted by Gasteiger charge is 2.20. The van der Waals surface area contributed by atoms with Crippen LogP contribution in [0.4, 0.5) is 0 Å². The van der Waals surface area contributed by atoms with Crippen LogP contribution in [-0.4, -0.2) is 18.5 Å². The molecule has 1 aromatic carbocycles. The van der Waals surface area contributed by atoms with Crippen molar-refractivity contribution in [3.05, 3.63) is 35.9 Å². The van der Waals surface area contributed by atoms with Crippen molar-refractivity contribution in [2.45, 2.75) is 143 Å². The summed E-state index contributed by atoms with van der Waals surface area (Å²) in [7, 11) is -1.89. The number of rotatable bonds is 21. The molecule has 0 unspecified atom stereocenters. The molecule has 0 saturated carbocycles. The molecule has 1 nitrogen and oxygen atoms in total. The van der Waals surface area contributed by atoms with E-state index in [1.807, 2.05) is 18.2 Å². The number of aryl methyl sites for hydroxylation is 1. The minimum Gasteiger partial charge on any atom is -0.324 e. The van der Waals surface area contributed by atoms with Gasteiger partial charge in [0.05, 0.1) is 7.14 Å². The second-order valence-electron chi connectivity index (χ2n) is 10.2. The highest BCUT2D eigenvalue weighted by atomic mass is 31.2. The molecule has 1 rings (SSSR count). The van der Waals surface area contributed by atoms with Gasteiger partial charge in [0.25, 0.3) is 0 Å². The summed E-state index contributed by atoms with van der Waals surface area (Å²) in [6.45, 7) is 8.90. The summed E-state index contributed by atoms with van der Waals surface area (Å²) in [5, 5.41) is 0. The quantitative estimate of drug-likeness (QED) is 0.127. The van der Waals surface area contributed by atoms with E-state index in [0.717, 1.165) is 18.5 Å². The van der Waals surface area contributed by atoms with Gasteiger partial charge in [0.2, 0.25) is 0 Å². The molecule has 1 aromatic rings. The van der Waals surface area contributed by atoms with E-state index in [9.17, 15) is 4.57 Å². The summed E-state index contributed by atoms with van der Waals surface area (Å²) < 4.78 is 13.5. The van der Waals surface area contributed by atoms with Gasteiger partial charge in [-0.15, -0.1) is 0 Å². The molecule has 0 amide bonds. The Labute approximate surface area is 209 Å². The predicted octanol–water partition coefficient (Wildman–Crippen LogP) is 11.4. The molecule has 0 atom stereocenters. The lowest BCUT2D eigenvalue weighted by atomic mass is 10.1. The lowest BCUT2D eigenvalue weighted by molar-refractivity contribution is 0.555. The van der Waals surface area contributed by atoms with Crippen LogP contribution in [0.1, 0.15) is 142 Å². The molecule has 2 heteroatoms. The Morgan fingerprint density at radius 3 is 1.06 bits per heavy atom. The maximum atomic E-state index is 13.5. The van der Waals surface area contributed by atoms with Crippen LogP contribution in [0.2, 0.25) is 0 Å². The maximum Gasteiger partial charge on any atom is 0.0877 e. The summed E-state index contributed by atoms with van der Waals surface area (Å²) in [5.41, 5.74) is 1.32. The molecule has 0 aliphatic rings. The Hall–Kier alpha value is -0.550. The van der Waals surface area contributed by atoms with Crippen molar-refractivity contribution < 1.29 is 4.57 Å². The lowest BCUT2D eigenvalue weighted by Gasteiger charge is -2.18. The summed E-state index contributed by atoms with van der Waals surface area (Å²) in [4.78, 5) is 0. The molecule has 0 fully saturated rings. The van der Waals surface area contributed by atoms with Crippen LogP contribution in [0.3, 0.4) is 0 Å². The molecule has 0 N–H and O–H groups in total. The third-order valence-corrected chi connectivity index (χ3v) is 10.1. The lowest BCUT2D eigenvalue weighted by Crippen LogP contribution is -2.02. The topological polar surface area (TPSA) is 17.1 Å². The number of hydrogen-bond acceptors (Lipinski definition) is 1. The number of hydrogen-bond donors (Lipinski definition) is 0. The molecular formula is C31H59OP. The molecule has 0 spiro atoms. The van der Waals surface area contributed by atoms with Gasteiger partial charge in [-0.25, -0.2) is 0 Å². The molecule has 0 bridgehead atoms. The third-order valence-electron chi connectivity index (χ3n) is 6.70. The Balaban J connectivity index is 0.00000123. The van der Waals surface area contributed by atoms with Crippen molar-refractivity contribution >= 4 is 7.14 Å². The van der Waals surface area contributed by atoms with Gasteiger partial charge in [-0.3, -0.25) is 0 Å². The molecule has 194 valence electrons. The van der Waals surface area contributed by atoms with Crippen LogP contribution in [0, 0.1) is 6.92 Å². The van der Waals surface area contributed by atoms with E-state index in [-0.39, 0.29) is 0 Å². The average molecular weight is 479 g/mol. The van der Waals surface area contributed by atoms with Crippen LogP contribution in [0.5, 0.6) is 0 Å². The fourth-order valence-electron chi connectivity index (χ4n) is 4.41. The summed E-state index contributed by atoms with van der Waals surface area (Å²) in [6, 6.07) is 10.3. The van der Waals surface area contributed by atoms with Gasteiger partial charge in [-0.1, -0.05) is 153 Å². The molecule has 0 radical (unpaired) electrons. The standard InChI is InChI=1S/C24H51OP.C7H8/c1-4-7-10-13-16-19-22-26(25,23-20-17-14-11-8-5-2)24-21-18-15-12-9-6-3;1-7-5-3-2-4-6-7/h4-24H2,1-3H3;2-6H,1H3. The van der Waals surface area contributed by atoms with Crippen LogP contribution in [0.15, 0.2) is 30.3 Å². The smallest absolute Gasteiger partial charge is 0.0877 e. The highest BCUT2D eigenvalue weighted by Crippen LogP contribution is 2.48. The zero-order valence-corrected chi connectivity index (χ0v) is 24.0. The first-order valence-electron chi connectivity index (χ1n) is 14.7. The zero-order chi connectivity index (χ0) is 24.5. The van der Waals surface area contributed by atoms with E-state index in [2.05, 4.69) is 39.8 Å². The first kappa shape index (κ1) is 32.5. The van der Waals surface area contributed by atoms with Crippen LogP contribution in [-0.2, 0) is 4.57 Å². The SMILES string of the molecule is CCCCCCCCP(=O)(CCCCCCCC)CCCCCCCC.Cc1ccccc1. The maximum absolute atomic E-state index is 13.5. The van der Waals surface area contributed by atoms with E-state index >= 15 is 0 Å². The van der Waals surface area contributed by atoms with Crippen molar-refractivity contribution in [2.24, 2.45) is 0 Å². The first-order valence-corrected chi connectivity index (χ1v) is 16.9. The fourth-order valence-corrected chi connectivity index (χ4v) is 7.48. The third kappa shape index (κ3) is 23.0. The molecule has 0 aromatic heterocycles. The number of unbranched alkanes of at least 4 members (excludes halogenated alkanes) is 15. The first-order chi connectivity index (χ1) is 16.1. The van der Waals surface area contributed by atoms with E-state index in [1.54, 1.807) is 0 Å². The monoisotopic (exact) mass is 478 g/mol. The molecule has 0 aliphatic carbocycles. The van der Waals surface area contributed by atoms with Crippen molar-refractivity contribution in [2.75, 3.05) is 18.5 Å². The largest absolute Gasteiger partial charge is 0.324 e.